The average molecular weight is 432 g/mol. The van der Waals surface area contributed by atoms with E-state index in [1.54, 1.807) is 18.5 Å². The smallest absolute Gasteiger partial charge is 0.228 e. The second-order valence-electron chi connectivity index (χ2n) is 9.06. The highest BCUT2D eigenvalue weighted by molar-refractivity contribution is 5.83. The van der Waals surface area contributed by atoms with Gasteiger partial charge in [0.15, 0.2) is 0 Å². The molecule has 0 unspecified atom stereocenters. The van der Waals surface area contributed by atoms with Crippen molar-refractivity contribution in [1.29, 1.82) is 0 Å². The van der Waals surface area contributed by atoms with E-state index in [0.717, 1.165) is 29.5 Å². The van der Waals surface area contributed by atoms with E-state index >= 15 is 0 Å². The summed E-state index contributed by atoms with van der Waals surface area (Å²) in [6.45, 7) is 6.01. The summed E-state index contributed by atoms with van der Waals surface area (Å²) in [5.41, 5.74) is 3.33. The van der Waals surface area contributed by atoms with Crippen LogP contribution in [0, 0.1) is 11.8 Å². The van der Waals surface area contributed by atoms with E-state index in [4.69, 9.17) is 0 Å². The monoisotopic (exact) mass is 431 g/mol. The van der Waals surface area contributed by atoms with Gasteiger partial charge in [0.05, 0.1) is 5.92 Å². The van der Waals surface area contributed by atoms with Crippen LogP contribution in [-0.4, -0.2) is 52.8 Å². The Morgan fingerprint density at radius 1 is 1.09 bits per heavy atom. The predicted octanol–water partition coefficient (Wildman–Crippen LogP) is 4.34. The van der Waals surface area contributed by atoms with E-state index in [1.807, 2.05) is 34.1 Å². The molecule has 5 heteroatoms. The van der Waals surface area contributed by atoms with Gasteiger partial charge in [0.25, 0.3) is 0 Å². The van der Waals surface area contributed by atoms with Crippen LogP contribution in [0.5, 0.6) is 0 Å². The molecule has 0 radical (unpaired) electrons. The molecule has 5 nitrogen and oxygen atoms in total. The van der Waals surface area contributed by atoms with Gasteiger partial charge in [-0.3, -0.25) is 14.6 Å². The molecule has 2 amide bonds. The number of amides is 2. The zero-order valence-electron chi connectivity index (χ0n) is 18.8. The van der Waals surface area contributed by atoms with Crippen LogP contribution < -0.4 is 0 Å². The number of aromatic nitrogens is 1. The van der Waals surface area contributed by atoms with E-state index < -0.39 is 0 Å². The van der Waals surface area contributed by atoms with Crippen LogP contribution in [0.15, 0.2) is 61.4 Å². The Bertz CT molecular complexity index is 937. The van der Waals surface area contributed by atoms with E-state index in [2.05, 4.69) is 23.7 Å². The molecule has 1 atom stereocenters. The molecule has 32 heavy (non-hydrogen) atoms. The molecule has 0 spiro atoms. The SMILES string of the molecule is C=CCN1CCN(C(=O)CC2CCCC2)C[C@H](Cc2ccccc2-c2ccncc2)C1=O. The third-order valence-corrected chi connectivity index (χ3v) is 6.86. The van der Waals surface area contributed by atoms with Gasteiger partial charge in [-0.15, -0.1) is 6.58 Å². The molecule has 4 rings (SSSR count). The maximum absolute atomic E-state index is 13.4. The summed E-state index contributed by atoms with van der Waals surface area (Å²) >= 11 is 0. The largest absolute Gasteiger partial charge is 0.340 e. The fourth-order valence-electron chi connectivity index (χ4n) is 5.13. The summed E-state index contributed by atoms with van der Waals surface area (Å²) in [5, 5.41) is 0. The first-order valence-corrected chi connectivity index (χ1v) is 11.8. The summed E-state index contributed by atoms with van der Waals surface area (Å²) in [6, 6.07) is 12.2. The average Bonchev–Trinajstić information content (AvgIpc) is 3.28. The lowest BCUT2D eigenvalue weighted by Crippen LogP contribution is -2.38. The lowest BCUT2D eigenvalue weighted by Gasteiger charge is -2.25. The van der Waals surface area contributed by atoms with Crippen molar-refractivity contribution in [3.63, 3.8) is 0 Å². The standard InChI is InChI=1S/C27H33N3O2/c1-2-15-29-16-17-30(26(31)18-21-7-3-4-8-21)20-24(27(29)32)19-23-9-5-6-10-25(23)22-11-13-28-14-12-22/h2,5-6,9-14,21,24H,1,3-4,7-8,15-20H2/t24-/m0/s1. The highest BCUT2D eigenvalue weighted by Crippen LogP contribution is 2.30. The highest BCUT2D eigenvalue weighted by Gasteiger charge is 2.33. The number of rotatable bonds is 7. The Balaban J connectivity index is 1.56. The first-order chi connectivity index (χ1) is 15.7. The molecule has 168 valence electrons. The number of hydrogen-bond acceptors (Lipinski definition) is 3. The number of carbonyl (C=O) groups excluding carboxylic acids is 2. The molecule has 1 aliphatic heterocycles. The van der Waals surface area contributed by atoms with Gasteiger partial charge in [-0.1, -0.05) is 43.2 Å². The molecule has 2 aromatic rings. The zero-order chi connectivity index (χ0) is 22.3. The molecular formula is C27H33N3O2. The van der Waals surface area contributed by atoms with Gasteiger partial charge in [0, 0.05) is 45.0 Å². The van der Waals surface area contributed by atoms with Crippen LogP contribution in [0.25, 0.3) is 11.1 Å². The van der Waals surface area contributed by atoms with Crippen LogP contribution in [-0.2, 0) is 16.0 Å². The summed E-state index contributed by atoms with van der Waals surface area (Å²) in [5.74, 6) is 0.577. The molecule has 1 aromatic carbocycles. The van der Waals surface area contributed by atoms with Crippen LogP contribution in [0.2, 0.25) is 0 Å². The van der Waals surface area contributed by atoms with Crippen molar-refractivity contribution in [3.05, 3.63) is 67.0 Å². The van der Waals surface area contributed by atoms with Crippen molar-refractivity contribution in [2.75, 3.05) is 26.2 Å². The molecule has 2 fully saturated rings. The Kier molecular flexibility index (Phi) is 7.35. The Morgan fingerprint density at radius 3 is 2.59 bits per heavy atom. The molecule has 1 saturated heterocycles. The molecule has 1 aromatic heterocycles. The molecule has 2 aliphatic rings. The Hall–Kier alpha value is -2.95. The van der Waals surface area contributed by atoms with Crippen molar-refractivity contribution in [2.45, 2.75) is 38.5 Å². The number of carbonyl (C=O) groups is 2. The fourth-order valence-corrected chi connectivity index (χ4v) is 5.13. The van der Waals surface area contributed by atoms with Gasteiger partial charge in [-0.25, -0.2) is 0 Å². The number of hydrogen-bond donors (Lipinski definition) is 0. The van der Waals surface area contributed by atoms with Crippen molar-refractivity contribution >= 4 is 11.8 Å². The second-order valence-corrected chi connectivity index (χ2v) is 9.06. The van der Waals surface area contributed by atoms with Gasteiger partial charge in [-0.2, -0.15) is 0 Å². The Morgan fingerprint density at radius 2 is 1.84 bits per heavy atom. The van der Waals surface area contributed by atoms with Gasteiger partial charge >= 0.3 is 0 Å². The second kappa shape index (κ2) is 10.6. The predicted molar refractivity (Wildman–Crippen MR) is 127 cm³/mol. The van der Waals surface area contributed by atoms with Crippen LogP contribution >= 0.6 is 0 Å². The van der Waals surface area contributed by atoms with Gasteiger partial charge < -0.3 is 9.80 Å². The summed E-state index contributed by atoms with van der Waals surface area (Å²) in [7, 11) is 0. The minimum Gasteiger partial charge on any atom is -0.340 e. The van der Waals surface area contributed by atoms with E-state index in [9.17, 15) is 9.59 Å². The van der Waals surface area contributed by atoms with Crippen molar-refractivity contribution in [1.82, 2.24) is 14.8 Å². The Labute approximate surface area is 191 Å². The minimum absolute atomic E-state index is 0.116. The lowest BCUT2D eigenvalue weighted by atomic mass is 9.91. The number of benzene rings is 1. The molecule has 1 saturated carbocycles. The molecule has 2 heterocycles. The first kappa shape index (κ1) is 22.3. The molecule has 0 bridgehead atoms. The lowest BCUT2D eigenvalue weighted by molar-refractivity contribution is -0.134. The first-order valence-electron chi connectivity index (χ1n) is 11.8. The van der Waals surface area contributed by atoms with Crippen molar-refractivity contribution in [2.24, 2.45) is 11.8 Å². The maximum Gasteiger partial charge on any atom is 0.228 e. The van der Waals surface area contributed by atoms with Crippen molar-refractivity contribution < 1.29 is 9.59 Å². The van der Waals surface area contributed by atoms with Crippen LogP contribution in [0.1, 0.15) is 37.7 Å². The van der Waals surface area contributed by atoms with Crippen molar-refractivity contribution in [3.8, 4) is 11.1 Å². The van der Waals surface area contributed by atoms with E-state index in [0.29, 0.717) is 44.9 Å². The third-order valence-electron chi connectivity index (χ3n) is 6.86. The molecule has 1 aliphatic carbocycles. The van der Waals surface area contributed by atoms with Gasteiger partial charge in [0.2, 0.25) is 11.8 Å². The van der Waals surface area contributed by atoms with E-state index in [1.165, 1.54) is 12.8 Å². The topological polar surface area (TPSA) is 53.5 Å². The quantitative estimate of drug-likeness (QED) is 0.613. The van der Waals surface area contributed by atoms with Gasteiger partial charge in [-0.05, 0) is 54.0 Å². The van der Waals surface area contributed by atoms with E-state index in [-0.39, 0.29) is 17.7 Å². The molecule has 0 N–H and O–H groups in total. The fraction of sp³-hybridized carbons (Fsp3) is 0.444. The van der Waals surface area contributed by atoms with Crippen LogP contribution in [0.4, 0.5) is 0 Å². The zero-order valence-corrected chi connectivity index (χ0v) is 18.8. The minimum atomic E-state index is -0.257. The summed E-state index contributed by atoms with van der Waals surface area (Å²) in [4.78, 5) is 34.5. The molecular weight excluding hydrogens is 398 g/mol. The normalized spacial score (nSPS) is 19.8. The third kappa shape index (κ3) is 5.26. The van der Waals surface area contributed by atoms with Crippen LogP contribution in [0.3, 0.4) is 0 Å². The number of pyridine rings is 1. The van der Waals surface area contributed by atoms with Gasteiger partial charge in [0.1, 0.15) is 0 Å². The summed E-state index contributed by atoms with van der Waals surface area (Å²) < 4.78 is 0. The highest BCUT2D eigenvalue weighted by atomic mass is 16.2. The number of nitrogens with zero attached hydrogens (tertiary/aromatic N) is 3. The summed E-state index contributed by atoms with van der Waals surface area (Å²) in [6.07, 6.45) is 11.4. The maximum atomic E-state index is 13.4.